The van der Waals surface area contributed by atoms with Crippen molar-refractivity contribution in [2.24, 2.45) is 23.5 Å². The van der Waals surface area contributed by atoms with Crippen molar-refractivity contribution in [3.63, 3.8) is 0 Å². The van der Waals surface area contributed by atoms with Crippen molar-refractivity contribution in [2.45, 2.75) is 39.0 Å². The monoisotopic (exact) mass is 231 g/mol. The van der Waals surface area contributed by atoms with E-state index in [4.69, 9.17) is 5.73 Å². The second-order valence-electron chi connectivity index (χ2n) is 5.53. The molecule has 0 heterocycles. The Labute approximate surface area is 105 Å². The maximum atomic E-state index is 5.93. The largest absolute Gasteiger partial charge is 0.330 e. The molecule has 0 spiro atoms. The van der Waals surface area contributed by atoms with Crippen LogP contribution >= 0.6 is 0 Å². The molecule has 0 aromatic heterocycles. The van der Waals surface area contributed by atoms with E-state index < -0.39 is 0 Å². The molecule has 0 saturated heterocycles. The Morgan fingerprint density at radius 2 is 1.88 bits per heavy atom. The van der Waals surface area contributed by atoms with Crippen LogP contribution in [0, 0.1) is 17.8 Å². The quantitative estimate of drug-likeness (QED) is 0.841. The fraction of sp³-hybridized carbons (Fsp3) is 0.625. The Morgan fingerprint density at radius 1 is 1.12 bits per heavy atom. The molecule has 3 unspecified atom stereocenters. The highest BCUT2D eigenvalue weighted by Gasteiger charge is 2.28. The first-order valence-corrected chi connectivity index (χ1v) is 7.07. The minimum absolute atomic E-state index is 0.748. The van der Waals surface area contributed by atoms with Gasteiger partial charge in [0.1, 0.15) is 0 Å². The highest BCUT2D eigenvalue weighted by molar-refractivity contribution is 5.15. The van der Waals surface area contributed by atoms with Gasteiger partial charge >= 0.3 is 0 Å². The number of benzene rings is 1. The Balaban J connectivity index is 2.00. The van der Waals surface area contributed by atoms with E-state index >= 15 is 0 Å². The van der Waals surface area contributed by atoms with Gasteiger partial charge in [-0.1, -0.05) is 50.1 Å². The van der Waals surface area contributed by atoms with Gasteiger partial charge in [0.25, 0.3) is 0 Å². The zero-order chi connectivity index (χ0) is 12.1. The normalized spacial score (nSPS) is 29.2. The van der Waals surface area contributed by atoms with Crippen LogP contribution in [0.15, 0.2) is 30.3 Å². The van der Waals surface area contributed by atoms with Crippen molar-refractivity contribution in [3.05, 3.63) is 35.9 Å². The molecule has 2 rings (SSSR count). The van der Waals surface area contributed by atoms with E-state index in [1.54, 1.807) is 0 Å². The van der Waals surface area contributed by atoms with Gasteiger partial charge in [-0.3, -0.25) is 0 Å². The predicted octanol–water partition coefficient (Wildman–Crippen LogP) is 3.63. The van der Waals surface area contributed by atoms with Crippen LogP contribution in [0.4, 0.5) is 0 Å². The lowest BCUT2D eigenvalue weighted by atomic mass is 9.71. The van der Waals surface area contributed by atoms with Crippen molar-refractivity contribution < 1.29 is 0 Å². The highest BCUT2D eigenvalue weighted by Crippen LogP contribution is 2.36. The zero-order valence-electron chi connectivity index (χ0n) is 10.9. The van der Waals surface area contributed by atoms with Gasteiger partial charge in [0.15, 0.2) is 0 Å². The second-order valence-corrected chi connectivity index (χ2v) is 5.53. The fourth-order valence-corrected chi connectivity index (χ4v) is 3.27. The Bertz CT molecular complexity index is 320. The third kappa shape index (κ3) is 3.32. The molecule has 2 N–H and O–H groups in total. The van der Waals surface area contributed by atoms with Gasteiger partial charge < -0.3 is 5.73 Å². The average molecular weight is 231 g/mol. The summed E-state index contributed by atoms with van der Waals surface area (Å²) in [7, 11) is 0. The summed E-state index contributed by atoms with van der Waals surface area (Å²) in [4.78, 5) is 0. The predicted molar refractivity (Wildman–Crippen MR) is 73.8 cm³/mol. The van der Waals surface area contributed by atoms with Crippen LogP contribution in [-0.4, -0.2) is 6.54 Å². The van der Waals surface area contributed by atoms with Gasteiger partial charge in [0, 0.05) is 0 Å². The molecule has 0 amide bonds. The average Bonchev–Trinajstić information content (AvgIpc) is 2.40. The van der Waals surface area contributed by atoms with Gasteiger partial charge in [-0.25, -0.2) is 0 Å². The van der Waals surface area contributed by atoms with Gasteiger partial charge in [0.2, 0.25) is 0 Å². The number of rotatable bonds is 4. The van der Waals surface area contributed by atoms with Gasteiger partial charge in [-0.05, 0) is 49.1 Å². The first-order chi connectivity index (χ1) is 8.33. The second kappa shape index (κ2) is 6.20. The molecule has 17 heavy (non-hydrogen) atoms. The molecule has 94 valence electrons. The molecule has 1 aliphatic rings. The van der Waals surface area contributed by atoms with E-state index in [2.05, 4.69) is 37.3 Å². The molecule has 0 bridgehead atoms. The summed E-state index contributed by atoms with van der Waals surface area (Å²) in [5, 5.41) is 0. The Hall–Kier alpha value is -0.820. The molecule has 0 aliphatic heterocycles. The van der Waals surface area contributed by atoms with E-state index in [1.165, 1.54) is 37.7 Å². The van der Waals surface area contributed by atoms with Crippen molar-refractivity contribution in [1.29, 1.82) is 0 Å². The summed E-state index contributed by atoms with van der Waals surface area (Å²) in [5.41, 5.74) is 7.41. The lowest BCUT2D eigenvalue weighted by Gasteiger charge is -2.35. The van der Waals surface area contributed by atoms with Crippen LogP contribution < -0.4 is 5.73 Å². The van der Waals surface area contributed by atoms with Gasteiger partial charge in [-0.15, -0.1) is 0 Å². The molecular weight excluding hydrogens is 206 g/mol. The summed E-state index contributed by atoms with van der Waals surface area (Å²) < 4.78 is 0. The maximum absolute atomic E-state index is 5.93. The van der Waals surface area contributed by atoms with E-state index in [9.17, 15) is 0 Å². The first-order valence-electron chi connectivity index (χ1n) is 7.07. The van der Waals surface area contributed by atoms with E-state index in [0.717, 1.165) is 24.3 Å². The molecule has 0 radical (unpaired) electrons. The lowest BCUT2D eigenvalue weighted by molar-refractivity contribution is 0.180. The summed E-state index contributed by atoms with van der Waals surface area (Å²) in [6, 6.07) is 10.9. The molecule has 1 aliphatic carbocycles. The van der Waals surface area contributed by atoms with Crippen molar-refractivity contribution >= 4 is 0 Å². The summed E-state index contributed by atoms with van der Waals surface area (Å²) >= 11 is 0. The standard InChI is InChI=1S/C16H25N/c1-2-13-8-9-15(12-17)16(10-13)11-14-6-4-3-5-7-14/h3-7,13,15-16H,2,8-12,17H2,1H3. The summed E-state index contributed by atoms with van der Waals surface area (Å²) in [6.45, 7) is 3.20. The van der Waals surface area contributed by atoms with Crippen molar-refractivity contribution in [3.8, 4) is 0 Å². The topological polar surface area (TPSA) is 26.0 Å². The van der Waals surface area contributed by atoms with Crippen LogP contribution in [0.25, 0.3) is 0 Å². The first kappa shape index (κ1) is 12.6. The van der Waals surface area contributed by atoms with Crippen LogP contribution in [0.2, 0.25) is 0 Å². The van der Waals surface area contributed by atoms with Crippen LogP contribution in [0.3, 0.4) is 0 Å². The smallest absolute Gasteiger partial charge is 0.00461 e. The minimum atomic E-state index is 0.748. The molecule has 1 heteroatoms. The SMILES string of the molecule is CCC1CCC(CN)C(Cc2ccccc2)C1. The summed E-state index contributed by atoms with van der Waals surface area (Å²) in [6.07, 6.45) is 6.67. The minimum Gasteiger partial charge on any atom is -0.330 e. The molecule has 1 nitrogen and oxygen atoms in total. The number of hydrogen-bond acceptors (Lipinski definition) is 1. The number of hydrogen-bond donors (Lipinski definition) is 1. The Morgan fingerprint density at radius 3 is 2.53 bits per heavy atom. The zero-order valence-corrected chi connectivity index (χ0v) is 10.9. The third-order valence-electron chi connectivity index (χ3n) is 4.47. The van der Waals surface area contributed by atoms with Crippen LogP contribution in [-0.2, 0) is 6.42 Å². The fourth-order valence-electron chi connectivity index (χ4n) is 3.27. The van der Waals surface area contributed by atoms with E-state index in [1.807, 2.05) is 0 Å². The molecular formula is C16H25N. The van der Waals surface area contributed by atoms with Gasteiger partial charge in [0.05, 0.1) is 0 Å². The molecule has 3 atom stereocenters. The van der Waals surface area contributed by atoms with Crippen molar-refractivity contribution in [2.75, 3.05) is 6.54 Å². The van der Waals surface area contributed by atoms with E-state index in [0.29, 0.717) is 0 Å². The number of nitrogens with two attached hydrogens (primary N) is 1. The molecule has 1 saturated carbocycles. The maximum Gasteiger partial charge on any atom is -0.00461 e. The molecule has 1 fully saturated rings. The van der Waals surface area contributed by atoms with Crippen LogP contribution in [0.1, 0.15) is 38.2 Å². The highest BCUT2D eigenvalue weighted by atomic mass is 14.6. The lowest BCUT2D eigenvalue weighted by Crippen LogP contribution is -2.31. The molecule has 1 aromatic rings. The van der Waals surface area contributed by atoms with E-state index in [-0.39, 0.29) is 0 Å². The summed E-state index contributed by atoms with van der Waals surface area (Å²) in [5.74, 6) is 2.49. The van der Waals surface area contributed by atoms with Crippen LogP contribution in [0.5, 0.6) is 0 Å². The van der Waals surface area contributed by atoms with Gasteiger partial charge in [-0.2, -0.15) is 0 Å². The Kier molecular flexibility index (Phi) is 4.61. The molecule has 1 aromatic carbocycles. The van der Waals surface area contributed by atoms with Crippen molar-refractivity contribution in [1.82, 2.24) is 0 Å². The third-order valence-corrected chi connectivity index (χ3v) is 4.47.